The summed E-state index contributed by atoms with van der Waals surface area (Å²) in [6.45, 7) is 3.61. The summed E-state index contributed by atoms with van der Waals surface area (Å²) >= 11 is 0. The van der Waals surface area contributed by atoms with Crippen LogP contribution in [0.15, 0.2) is 48.7 Å². The molecule has 0 unspecified atom stereocenters. The van der Waals surface area contributed by atoms with Crippen molar-refractivity contribution in [1.29, 1.82) is 0 Å². The Labute approximate surface area is 169 Å². The summed E-state index contributed by atoms with van der Waals surface area (Å²) in [5, 5.41) is 5.43. The molecule has 0 spiro atoms. The van der Waals surface area contributed by atoms with Crippen LogP contribution in [0.25, 0.3) is 16.6 Å². The van der Waals surface area contributed by atoms with Crippen LogP contribution in [-0.4, -0.2) is 46.4 Å². The number of nitrogens with two attached hydrogens (primary N) is 1. The highest BCUT2D eigenvalue weighted by Gasteiger charge is 2.22. The van der Waals surface area contributed by atoms with Gasteiger partial charge in [-0.1, -0.05) is 24.3 Å². The summed E-state index contributed by atoms with van der Waals surface area (Å²) in [5.74, 6) is -0.319. The van der Waals surface area contributed by atoms with Crippen molar-refractivity contribution in [2.45, 2.75) is 25.7 Å². The lowest BCUT2D eigenvalue weighted by molar-refractivity contribution is -0.146. The van der Waals surface area contributed by atoms with Gasteiger partial charge in [0.1, 0.15) is 12.2 Å². The van der Waals surface area contributed by atoms with E-state index in [9.17, 15) is 9.59 Å². The van der Waals surface area contributed by atoms with E-state index in [4.69, 9.17) is 10.5 Å². The second-order valence-electron chi connectivity index (χ2n) is 7.45. The SMILES string of the molecule is CC(=O)OCN1CCC[C@@H](c2ccc(-n3cc4cccc(C(N)=O)c4n3)cc2)C1. The highest BCUT2D eigenvalue weighted by Crippen LogP contribution is 2.28. The van der Waals surface area contributed by atoms with Crippen molar-refractivity contribution in [3.05, 3.63) is 59.8 Å². The second-order valence-corrected chi connectivity index (χ2v) is 7.45. The zero-order valence-electron chi connectivity index (χ0n) is 16.4. The molecular formula is C22H24N4O3. The van der Waals surface area contributed by atoms with Crippen LogP contribution in [0.4, 0.5) is 0 Å². The van der Waals surface area contributed by atoms with Gasteiger partial charge in [0.25, 0.3) is 5.91 Å². The van der Waals surface area contributed by atoms with Gasteiger partial charge in [0, 0.05) is 31.6 Å². The Morgan fingerprint density at radius 1 is 1.21 bits per heavy atom. The molecule has 0 saturated carbocycles. The average molecular weight is 392 g/mol. The lowest BCUT2D eigenvalue weighted by Gasteiger charge is -2.32. The van der Waals surface area contributed by atoms with E-state index in [1.807, 2.05) is 30.5 Å². The number of aromatic nitrogens is 2. The highest BCUT2D eigenvalue weighted by molar-refractivity contribution is 6.04. The van der Waals surface area contributed by atoms with Gasteiger partial charge in [-0.25, -0.2) is 4.68 Å². The number of rotatable bonds is 5. The van der Waals surface area contributed by atoms with Gasteiger partial charge in [0.05, 0.1) is 11.3 Å². The molecule has 1 fully saturated rings. The fourth-order valence-corrected chi connectivity index (χ4v) is 3.90. The number of hydrogen-bond donors (Lipinski definition) is 1. The van der Waals surface area contributed by atoms with Crippen LogP contribution in [-0.2, 0) is 9.53 Å². The number of primary amides is 1. The van der Waals surface area contributed by atoms with Crippen molar-refractivity contribution in [2.75, 3.05) is 19.8 Å². The summed E-state index contributed by atoms with van der Waals surface area (Å²) in [6.07, 6.45) is 4.09. The molecule has 1 aromatic heterocycles. The van der Waals surface area contributed by atoms with Crippen LogP contribution in [0.1, 0.15) is 41.6 Å². The number of amides is 1. The van der Waals surface area contributed by atoms with Crippen molar-refractivity contribution in [2.24, 2.45) is 5.73 Å². The normalized spacial score (nSPS) is 17.3. The third kappa shape index (κ3) is 4.14. The first-order chi connectivity index (χ1) is 14.0. The molecule has 7 heteroatoms. The van der Waals surface area contributed by atoms with E-state index in [1.165, 1.54) is 12.5 Å². The number of fused-ring (bicyclic) bond motifs is 1. The molecular weight excluding hydrogens is 368 g/mol. The van der Waals surface area contributed by atoms with Crippen LogP contribution in [0, 0.1) is 0 Å². The Balaban J connectivity index is 1.52. The molecule has 0 aliphatic carbocycles. The molecule has 2 aromatic carbocycles. The van der Waals surface area contributed by atoms with Crippen molar-refractivity contribution in [1.82, 2.24) is 14.7 Å². The minimum atomic E-state index is -0.480. The van der Waals surface area contributed by atoms with Crippen molar-refractivity contribution in [3.8, 4) is 5.69 Å². The fraction of sp³-hybridized carbons (Fsp3) is 0.318. The minimum Gasteiger partial charge on any atom is -0.450 e. The van der Waals surface area contributed by atoms with Crippen molar-refractivity contribution >= 4 is 22.8 Å². The Morgan fingerprint density at radius 2 is 2.00 bits per heavy atom. The number of likely N-dealkylation sites (tertiary alicyclic amines) is 1. The number of piperidine rings is 1. The van der Waals surface area contributed by atoms with E-state index in [0.29, 0.717) is 23.7 Å². The second kappa shape index (κ2) is 8.05. The van der Waals surface area contributed by atoms with Crippen molar-refractivity contribution in [3.63, 3.8) is 0 Å². The molecule has 150 valence electrons. The molecule has 0 radical (unpaired) electrons. The smallest absolute Gasteiger partial charge is 0.303 e. The van der Waals surface area contributed by atoms with Gasteiger partial charge in [0.2, 0.25) is 0 Å². The first kappa shape index (κ1) is 19.1. The molecule has 7 nitrogen and oxygen atoms in total. The van der Waals surface area contributed by atoms with Gasteiger partial charge in [-0.15, -0.1) is 0 Å². The van der Waals surface area contributed by atoms with Gasteiger partial charge >= 0.3 is 5.97 Å². The van der Waals surface area contributed by atoms with Gasteiger partial charge < -0.3 is 10.5 Å². The molecule has 2 N–H and O–H groups in total. The third-order valence-corrected chi connectivity index (χ3v) is 5.39. The number of hydrogen-bond acceptors (Lipinski definition) is 5. The van der Waals surface area contributed by atoms with E-state index >= 15 is 0 Å². The molecule has 1 saturated heterocycles. The third-order valence-electron chi connectivity index (χ3n) is 5.39. The molecule has 3 aromatic rings. The zero-order valence-corrected chi connectivity index (χ0v) is 16.4. The topological polar surface area (TPSA) is 90.5 Å². The van der Waals surface area contributed by atoms with Gasteiger partial charge in [-0.2, -0.15) is 5.10 Å². The van der Waals surface area contributed by atoms with E-state index in [1.54, 1.807) is 10.7 Å². The average Bonchev–Trinajstić information content (AvgIpc) is 3.17. The minimum absolute atomic E-state index is 0.248. The summed E-state index contributed by atoms with van der Waals surface area (Å²) in [5.41, 5.74) is 8.68. The first-order valence-corrected chi connectivity index (χ1v) is 9.75. The summed E-state index contributed by atoms with van der Waals surface area (Å²) in [4.78, 5) is 24.9. The number of benzene rings is 2. The Kier molecular flexibility index (Phi) is 5.31. The van der Waals surface area contributed by atoms with Crippen LogP contribution in [0.2, 0.25) is 0 Å². The lowest BCUT2D eigenvalue weighted by atomic mass is 9.91. The van der Waals surface area contributed by atoms with Crippen molar-refractivity contribution < 1.29 is 14.3 Å². The van der Waals surface area contributed by atoms with Crippen LogP contribution in [0.5, 0.6) is 0 Å². The summed E-state index contributed by atoms with van der Waals surface area (Å²) < 4.78 is 6.91. The van der Waals surface area contributed by atoms with Gasteiger partial charge in [-0.05, 0) is 42.5 Å². The summed E-state index contributed by atoms with van der Waals surface area (Å²) in [6, 6.07) is 13.7. The Bertz CT molecular complexity index is 1040. The van der Waals surface area contributed by atoms with E-state index < -0.39 is 5.91 Å². The maximum absolute atomic E-state index is 11.6. The molecule has 0 bridgehead atoms. The number of carbonyl (C=O) groups is 2. The fourth-order valence-electron chi connectivity index (χ4n) is 3.90. The molecule has 1 amide bonds. The van der Waals surface area contributed by atoms with Crippen LogP contribution < -0.4 is 5.73 Å². The summed E-state index contributed by atoms with van der Waals surface area (Å²) in [7, 11) is 0. The van der Waals surface area contributed by atoms with Crippen LogP contribution in [0.3, 0.4) is 0 Å². The maximum Gasteiger partial charge on any atom is 0.303 e. The Hall–Kier alpha value is -3.19. The predicted octanol–water partition coefficient (Wildman–Crippen LogP) is 2.82. The molecule has 29 heavy (non-hydrogen) atoms. The Morgan fingerprint density at radius 3 is 2.72 bits per heavy atom. The van der Waals surface area contributed by atoms with E-state index in [0.717, 1.165) is 37.0 Å². The monoisotopic (exact) mass is 392 g/mol. The lowest BCUT2D eigenvalue weighted by Crippen LogP contribution is -2.36. The molecule has 1 aliphatic rings. The zero-order chi connectivity index (χ0) is 20.4. The quantitative estimate of drug-likeness (QED) is 0.674. The number of ether oxygens (including phenoxy) is 1. The van der Waals surface area contributed by atoms with Gasteiger partial charge in [-0.3, -0.25) is 14.5 Å². The maximum atomic E-state index is 11.6. The molecule has 2 heterocycles. The van der Waals surface area contributed by atoms with Gasteiger partial charge in [0.15, 0.2) is 0 Å². The molecule has 1 aliphatic heterocycles. The van der Waals surface area contributed by atoms with E-state index in [2.05, 4.69) is 22.1 Å². The number of carbonyl (C=O) groups excluding carboxylic acids is 2. The standard InChI is InChI=1S/C22H24N4O3/c1-15(27)29-14-25-11-3-5-17(12-25)16-7-9-19(10-8-16)26-13-18-4-2-6-20(22(23)28)21(18)24-26/h2,4,6-10,13,17H,3,5,11-12,14H2,1H3,(H2,23,28)/t17-/m1/s1. The highest BCUT2D eigenvalue weighted by atomic mass is 16.5. The number of esters is 1. The molecule has 4 rings (SSSR count). The first-order valence-electron chi connectivity index (χ1n) is 9.75. The largest absolute Gasteiger partial charge is 0.450 e. The van der Waals surface area contributed by atoms with E-state index in [-0.39, 0.29) is 5.97 Å². The number of nitrogens with zero attached hydrogens (tertiary/aromatic N) is 3. The molecule has 1 atom stereocenters. The predicted molar refractivity (Wildman–Crippen MR) is 110 cm³/mol. The van der Waals surface area contributed by atoms with Crippen LogP contribution >= 0.6 is 0 Å².